The first kappa shape index (κ1) is 17.9. The summed E-state index contributed by atoms with van der Waals surface area (Å²) in [5.41, 5.74) is 1.66. The Morgan fingerprint density at radius 2 is 2.29 bits per heavy atom. The second kappa shape index (κ2) is 7.60. The summed E-state index contributed by atoms with van der Waals surface area (Å²) < 4.78 is 1.74. The van der Waals surface area contributed by atoms with Crippen molar-refractivity contribution in [2.45, 2.75) is 25.3 Å². The topological polar surface area (TPSA) is 103 Å². The number of piperidine rings is 1. The van der Waals surface area contributed by atoms with Crippen LogP contribution in [0.5, 0.6) is 0 Å². The maximum Gasteiger partial charge on any atom is 0.236 e. The number of aromatic nitrogens is 5. The Kier molecular flexibility index (Phi) is 4.85. The molecule has 0 aliphatic carbocycles. The third-order valence-electron chi connectivity index (χ3n) is 5.10. The summed E-state index contributed by atoms with van der Waals surface area (Å²) in [6.07, 6.45) is 10.5. The summed E-state index contributed by atoms with van der Waals surface area (Å²) in [5.74, 6) is 1.26. The number of carbonyl (C=O) groups excluding carboxylic acids is 1. The van der Waals surface area contributed by atoms with E-state index in [1.54, 1.807) is 40.4 Å². The minimum atomic E-state index is -0.108. The second-order valence-electron chi connectivity index (χ2n) is 6.78. The summed E-state index contributed by atoms with van der Waals surface area (Å²) in [4.78, 5) is 29.2. The van der Waals surface area contributed by atoms with Crippen molar-refractivity contribution in [3.05, 3.63) is 37.1 Å². The number of hydrogen-bond acceptors (Lipinski definition) is 7. The lowest BCUT2D eigenvalue weighted by Crippen LogP contribution is -2.48. The molecule has 3 aromatic heterocycles. The smallest absolute Gasteiger partial charge is 0.236 e. The number of rotatable bonds is 4. The van der Waals surface area contributed by atoms with Gasteiger partial charge in [-0.2, -0.15) is 10.4 Å². The van der Waals surface area contributed by atoms with Crippen LogP contribution in [0.15, 0.2) is 37.1 Å². The zero-order valence-electron chi connectivity index (χ0n) is 15.6. The lowest BCUT2D eigenvalue weighted by atomic mass is 10.0. The van der Waals surface area contributed by atoms with Crippen LogP contribution in [0.25, 0.3) is 16.9 Å². The molecule has 3 aromatic rings. The zero-order valence-corrected chi connectivity index (χ0v) is 15.6. The van der Waals surface area contributed by atoms with E-state index in [4.69, 9.17) is 10.2 Å². The van der Waals surface area contributed by atoms with Gasteiger partial charge in [-0.25, -0.2) is 14.5 Å². The standard InChI is InChI=1S/C19H20N8O/c1-25(14-3-2-9-26(13-14)18(28)4-6-20)17-5-7-22-19(24-17)15-11-23-27-10-8-21-12-16(15)27/h5,7-8,10-12,14H,2-4,9,13H2,1H3/t14-/m0/s1. The molecule has 0 N–H and O–H groups in total. The number of carbonyl (C=O) groups is 1. The number of nitrogens with zero attached hydrogens (tertiary/aromatic N) is 8. The first-order chi connectivity index (χ1) is 13.7. The van der Waals surface area contributed by atoms with Crippen molar-refractivity contribution >= 4 is 17.2 Å². The average Bonchev–Trinajstić information content (AvgIpc) is 3.18. The number of likely N-dealkylation sites (tertiary alicyclic amines) is 1. The third kappa shape index (κ3) is 3.36. The maximum absolute atomic E-state index is 12.1. The number of amides is 1. The van der Waals surface area contributed by atoms with E-state index in [1.165, 1.54) is 0 Å². The monoisotopic (exact) mass is 376 g/mol. The quantitative estimate of drug-likeness (QED) is 0.680. The molecule has 0 radical (unpaired) electrons. The summed E-state index contributed by atoms with van der Waals surface area (Å²) in [7, 11) is 1.98. The van der Waals surface area contributed by atoms with Crippen molar-refractivity contribution in [1.82, 2.24) is 29.5 Å². The third-order valence-corrected chi connectivity index (χ3v) is 5.10. The van der Waals surface area contributed by atoms with Crippen molar-refractivity contribution in [2.24, 2.45) is 0 Å². The van der Waals surface area contributed by atoms with Crippen LogP contribution in [0.4, 0.5) is 5.82 Å². The molecule has 1 atom stereocenters. The van der Waals surface area contributed by atoms with Crippen LogP contribution in [-0.2, 0) is 4.79 Å². The molecule has 1 saturated heterocycles. The van der Waals surface area contributed by atoms with Gasteiger partial charge in [0.05, 0.1) is 29.5 Å². The van der Waals surface area contributed by atoms with E-state index in [9.17, 15) is 4.79 Å². The molecule has 4 heterocycles. The molecular formula is C19H20N8O. The summed E-state index contributed by atoms with van der Waals surface area (Å²) >= 11 is 0. The minimum absolute atomic E-state index is 0.0726. The number of anilines is 1. The van der Waals surface area contributed by atoms with E-state index in [0.717, 1.165) is 29.7 Å². The first-order valence-electron chi connectivity index (χ1n) is 9.15. The molecule has 1 aliphatic rings. The Bertz CT molecular complexity index is 1040. The highest BCUT2D eigenvalue weighted by Crippen LogP contribution is 2.24. The van der Waals surface area contributed by atoms with Gasteiger partial charge in [0.1, 0.15) is 12.2 Å². The van der Waals surface area contributed by atoms with Crippen molar-refractivity contribution < 1.29 is 4.79 Å². The van der Waals surface area contributed by atoms with Gasteiger partial charge in [-0.15, -0.1) is 0 Å². The molecule has 0 aromatic carbocycles. The molecule has 28 heavy (non-hydrogen) atoms. The number of nitriles is 1. The summed E-state index contributed by atoms with van der Waals surface area (Å²) in [5, 5.41) is 13.1. The van der Waals surface area contributed by atoms with E-state index in [2.05, 4.69) is 20.0 Å². The van der Waals surface area contributed by atoms with Crippen molar-refractivity contribution in [2.75, 3.05) is 25.0 Å². The zero-order chi connectivity index (χ0) is 19.5. The first-order valence-corrected chi connectivity index (χ1v) is 9.15. The Balaban J connectivity index is 1.57. The van der Waals surface area contributed by atoms with Crippen molar-refractivity contribution in [3.63, 3.8) is 0 Å². The van der Waals surface area contributed by atoms with E-state index < -0.39 is 0 Å². The predicted molar refractivity (Wildman–Crippen MR) is 102 cm³/mol. The summed E-state index contributed by atoms with van der Waals surface area (Å²) in [6.45, 7) is 1.30. The molecule has 1 amide bonds. The van der Waals surface area contributed by atoms with Crippen molar-refractivity contribution in [3.8, 4) is 17.5 Å². The lowest BCUT2D eigenvalue weighted by Gasteiger charge is -2.38. The highest BCUT2D eigenvalue weighted by Gasteiger charge is 2.27. The fourth-order valence-electron chi connectivity index (χ4n) is 3.55. The lowest BCUT2D eigenvalue weighted by molar-refractivity contribution is -0.131. The van der Waals surface area contributed by atoms with Gasteiger partial charge >= 0.3 is 0 Å². The molecule has 0 saturated carbocycles. The van der Waals surface area contributed by atoms with Crippen molar-refractivity contribution in [1.29, 1.82) is 5.26 Å². The van der Waals surface area contributed by atoms with Crippen LogP contribution in [0, 0.1) is 11.3 Å². The highest BCUT2D eigenvalue weighted by molar-refractivity contribution is 5.78. The SMILES string of the molecule is CN(c1ccnc(-c2cnn3ccncc23)n1)[C@H]1CCCN(C(=O)CC#N)C1. The molecule has 142 valence electrons. The number of likely N-dealkylation sites (N-methyl/N-ethyl adjacent to an activating group) is 1. The molecule has 0 bridgehead atoms. The van der Waals surface area contributed by atoms with Crippen LogP contribution in [0.1, 0.15) is 19.3 Å². The van der Waals surface area contributed by atoms with E-state index in [-0.39, 0.29) is 18.4 Å². The second-order valence-corrected chi connectivity index (χ2v) is 6.78. The van der Waals surface area contributed by atoms with Gasteiger partial charge in [-0.3, -0.25) is 9.78 Å². The Labute approximate surface area is 162 Å². The molecule has 9 heteroatoms. The Morgan fingerprint density at radius 3 is 3.14 bits per heavy atom. The largest absolute Gasteiger partial charge is 0.355 e. The molecule has 0 unspecified atom stereocenters. The normalized spacial score (nSPS) is 16.7. The molecule has 1 aliphatic heterocycles. The molecule has 1 fully saturated rings. The van der Waals surface area contributed by atoms with E-state index in [0.29, 0.717) is 18.9 Å². The number of fused-ring (bicyclic) bond motifs is 1. The van der Waals surface area contributed by atoms with E-state index in [1.807, 2.05) is 19.2 Å². The van der Waals surface area contributed by atoms with Gasteiger partial charge in [0.2, 0.25) is 5.91 Å². The minimum Gasteiger partial charge on any atom is -0.355 e. The van der Waals surface area contributed by atoms with Gasteiger partial charge in [0.15, 0.2) is 5.82 Å². The molecule has 4 rings (SSSR count). The highest BCUT2D eigenvalue weighted by atomic mass is 16.2. The van der Waals surface area contributed by atoms with Gasteiger partial charge in [0.25, 0.3) is 0 Å². The van der Waals surface area contributed by atoms with E-state index >= 15 is 0 Å². The van der Waals surface area contributed by atoms with Gasteiger partial charge in [-0.1, -0.05) is 0 Å². The Morgan fingerprint density at radius 1 is 1.39 bits per heavy atom. The predicted octanol–water partition coefficient (Wildman–Crippen LogP) is 1.53. The fourth-order valence-corrected chi connectivity index (χ4v) is 3.55. The molecule has 0 spiro atoms. The van der Waals surface area contributed by atoms with Crippen LogP contribution >= 0.6 is 0 Å². The molecule has 9 nitrogen and oxygen atoms in total. The maximum atomic E-state index is 12.1. The van der Waals surface area contributed by atoms with Crippen LogP contribution in [-0.4, -0.2) is 61.6 Å². The van der Waals surface area contributed by atoms with Gasteiger partial charge in [0, 0.05) is 44.8 Å². The molecular weight excluding hydrogens is 356 g/mol. The Hall–Kier alpha value is -3.54. The summed E-state index contributed by atoms with van der Waals surface area (Å²) in [6, 6.07) is 3.95. The number of hydrogen-bond donors (Lipinski definition) is 0. The fraction of sp³-hybridized carbons (Fsp3) is 0.368. The van der Waals surface area contributed by atoms with Gasteiger partial charge < -0.3 is 9.80 Å². The van der Waals surface area contributed by atoms with Gasteiger partial charge in [-0.05, 0) is 18.9 Å². The average molecular weight is 376 g/mol. The van der Waals surface area contributed by atoms with Crippen LogP contribution < -0.4 is 4.90 Å². The van der Waals surface area contributed by atoms with Crippen LogP contribution in [0.2, 0.25) is 0 Å². The van der Waals surface area contributed by atoms with Crippen LogP contribution in [0.3, 0.4) is 0 Å².